The Morgan fingerprint density at radius 1 is 1.12 bits per heavy atom. The minimum Gasteiger partial charge on any atom is -0.457 e. The number of halogens is 4. The average molecular weight is 368 g/mol. The minimum atomic E-state index is -4.78. The maximum absolute atomic E-state index is 13.4. The van der Waals surface area contributed by atoms with Crippen molar-refractivity contribution in [1.29, 1.82) is 0 Å². The summed E-state index contributed by atoms with van der Waals surface area (Å²) in [5, 5.41) is 3.21. The van der Waals surface area contributed by atoms with Crippen LogP contribution in [-0.4, -0.2) is 12.9 Å². The number of nitrogens with one attached hydrogen (secondary N) is 1. The van der Waals surface area contributed by atoms with Gasteiger partial charge in [-0.1, -0.05) is 6.92 Å². The van der Waals surface area contributed by atoms with Crippen molar-refractivity contribution >= 4 is 11.5 Å². The zero-order valence-electron chi connectivity index (χ0n) is 15.0. The molecule has 0 atom stereocenters. The Labute approximate surface area is 149 Å². The van der Waals surface area contributed by atoms with E-state index in [2.05, 4.69) is 10.3 Å². The van der Waals surface area contributed by atoms with Gasteiger partial charge >= 0.3 is 6.18 Å². The van der Waals surface area contributed by atoms with Crippen LogP contribution in [0.25, 0.3) is 0 Å². The first-order valence-corrected chi connectivity index (χ1v) is 8.04. The maximum Gasteiger partial charge on any atom is 0.419 e. The molecule has 3 nitrogen and oxygen atoms in total. The van der Waals surface area contributed by atoms with Crippen molar-refractivity contribution in [2.45, 2.75) is 33.4 Å². The molecular formula is C19H20F4N2O. The van der Waals surface area contributed by atoms with E-state index in [1.165, 1.54) is 6.07 Å². The van der Waals surface area contributed by atoms with E-state index < -0.39 is 17.6 Å². The quantitative estimate of drug-likeness (QED) is 0.402. The Morgan fingerprint density at radius 2 is 1.81 bits per heavy atom. The van der Waals surface area contributed by atoms with E-state index in [0.29, 0.717) is 11.8 Å². The smallest absolute Gasteiger partial charge is 0.419 e. The highest BCUT2D eigenvalue weighted by Gasteiger charge is 2.34. The number of amidine groups is 1. The molecule has 0 spiro atoms. The van der Waals surface area contributed by atoms with Crippen LogP contribution in [0.1, 0.15) is 30.0 Å². The van der Waals surface area contributed by atoms with E-state index in [9.17, 15) is 17.6 Å². The fraction of sp³-hybridized carbons (Fsp3) is 0.316. The summed E-state index contributed by atoms with van der Waals surface area (Å²) in [5.74, 6) is -0.191. The highest BCUT2D eigenvalue weighted by Crippen LogP contribution is 2.36. The van der Waals surface area contributed by atoms with Crippen molar-refractivity contribution in [3.8, 4) is 11.5 Å². The number of benzene rings is 2. The Hall–Kier alpha value is -2.57. The second kappa shape index (κ2) is 7.76. The van der Waals surface area contributed by atoms with Crippen molar-refractivity contribution in [2.24, 2.45) is 4.99 Å². The van der Waals surface area contributed by atoms with E-state index in [1.807, 2.05) is 19.9 Å². The number of hydrogen-bond acceptors (Lipinski definition) is 2. The zero-order valence-corrected chi connectivity index (χ0v) is 15.0. The molecule has 140 valence electrons. The molecule has 0 aliphatic rings. The van der Waals surface area contributed by atoms with Gasteiger partial charge in [-0.2, -0.15) is 13.2 Å². The van der Waals surface area contributed by atoms with Crippen LogP contribution in [0.2, 0.25) is 0 Å². The predicted octanol–water partition coefficient (Wildman–Crippen LogP) is 6.10. The lowest BCUT2D eigenvalue weighted by Crippen LogP contribution is -2.11. The van der Waals surface area contributed by atoms with Gasteiger partial charge in [0.2, 0.25) is 0 Å². The molecule has 2 aromatic carbocycles. The average Bonchev–Trinajstić information content (AvgIpc) is 2.57. The van der Waals surface area contributed by atoms with Gasteiger partial charge in [-0.15, -0.1) is 0 Å². The number of aryl methyl sites for hydroxylation is 2. The molecule has 2 aromatic rings. The first-order valence-electron chi connectivity index (χ1n) is 8.04. The zero-order chi connectivity index (χ0) is 19.5. The van der Waals surface area contributed by atoms with Crippen molar-refractivity contribution in [3.63, 3.8) is 0 Å². The second-order valence-corrected chi connectivity index (χ2v) is 5.82. The molecule has 0 saturated heterocycles. The van der Waals surface area contributed by atoms with Gasteiger partial charge in [-0.25, -0.2) is 4.39 Å². The number of rotatable bonds is 4. The fourth-order valence-electron chi connectivity index (χ4n) is 2.40. The van der Waals surface area contributed by atoms with E-state index in [4.69, 9.17) is 4.74 Å². The molecular weight excluding hydrogens is 348 g/mol. The first-order chi connectivity index (χ1) is 12.2. The molecule has 0 fully saturated rings. The molecule has 0 unspecified atom stereocenters. The normalized spacial score (nSPS) is 12.2. The Bertz CT molecular complexity index is 829. The van der Waals surface area contributed by atoms with Crippen LogP contribution in [0.15, 0.2) is 35.3 Å². The lowest BCUT2D eigenvalue weighted by molar-refractivity contribution is -0.140. The summed E-state index contributed by atoms with van der Waals surface area (Å²) in [5.41, 5.74) is 1.06. The molecule has 0 amide bonds. The lowest BCUT2D eigenvalue weighted by atomic mass is 10.1. The third-order valence-electron chi connectivity index (χ3n) is 3.88. The summed E-state index contributed by atoms with van der Waals surface area (Å²) in [4.78, 5) is 4.14. The van der Waals surface area contributed by atoms with E-state index in [0.717, 1.165) is 35.1 Å². The van der Waals surface area contributed by atoms with Crippen LogP contribution in [0.4, 0.5) is 23.2 Å². The summed E-state index contributed by atoms with van der Waals surface area (Å²) < 4.78 is 57.5. The monoisotopic (exact) mass is 368 g/mol. The third-order valence-corrected chi connectivity index (χ3v) is 3.88. The lowest BCUT2D eigenvalue weighted by Gasteiger charge is -2.16. The van der Waals surface area contributed by atoms with Gasteiger partial charge < -0.3 is 10.1 Å². The van der Waals surface area contributed by atoms with Crippen LogP contribution < -0.4 is 10.1 Å². The van der Waals surface area contributed by atoms with Crippen molar-refractivity contribution in [3.05, 3.63) is 52.8 Å². The molecule has 0 saturated carbocycles. The first kappa shape index (κ1) is 19.8. The van der Waals surface area contributed by atoms with Crippen molar-refractivity contribution in [2.75, 3.05) is 12.4 Å². The maximum atomic E-state index is 13.4. The molecule has 0 aliphatic carbocycles. The van der Waals surface area contributed by atoms with E-state index in [-0.39, 0.29) is 5.75 Å². The molecule has 0 heterocycles. The van der Waals surface area contributed by atoms with Crippen LogP contribution in [0, 0.1) is 19.7 Å². The molecule has 7 heteroatoms. The summed E-state index contributed by atoms with van der Waals surface area (Å²) in [6.07, 6.45) is -4.04. The number of hydrogen-bond donors (Lipinski definition) is 1. The van der Waals surface area contributed by atoms with Crippen molar-refractivity contribution in [1.82, 2.24) is 0 Å². The standard InChI is InChI=1S/C19H20F4N2O/c1-5-18(24-4)25-16-8-12(3)17(9-11(16)2)26-13-6-7-15(20)14(10-13)19(21,22)23/h6-10H,5H2,1-4H3,(H,24,25). The largest absolute Gasteiger partial charge is 0.457 e. The Kier molecular flexibility index (Phi) is 5.90. The van der Waals surface area contributed by atoms with E-state index in [1.54, 1.807) is 20.0 Å². The molecule has 1 N–H and O–H groups in total. The summed E-state index contributed by atoms with van der Waals surface area (Å²) in [7, 11) is 1.69. The summed E-state index contributed by atoms with van der Waals surface area (Å²) in [6.45, 7) is 5.61. The van der Waals surface area contributed by atoms with Crippen LogP contribution in [-0.2, 0) is 6.18 Å². The van der Waals surface area contributed by atoms with Crippen molar-refractivity contribution < 1.29 is 22.3 Å². The number of alkyl halides is 3. The number of ether oxygens (including phenoxy) is 1. The van der Waals surface area contributed by atoms with Crippen LogP contribution in [0.5, 0.6) is 11.5 Å². The van der Waals surface area contributed by atoms with Gasteiger partial charge in [0.1, 0.15) is 23.2 Å². The van der Waals surface area contributed by atoms with Gasteiger partial charge in [0.05, 0.1) is 5.56 Å². The Morgan fingerprint density at radius 3 is 2.38 bits per heavy atom. The summed E-state index contributed by atoms with van der Waals surface area (Å²) in [6, 6.07) is 6.14. The SMILES string of the molecule is CCC(=NC)Nc1cc(C)c(Oc2ccc(F)c(C(F)(F)F)c2)cc1C. The third kappa shape index (κ3) is 4.53. The molecule has 0 aliphatic heterocycles. The molecule has 0 radical (unpaired) electrons. The van der Waals surface area contributed by atoms with Gasteiger partial charge in [-0.3, -0.25) is 4.99 Å². The topological polar surface area (TPSA) is 33.6 Å². The molecule has 26 heavy (non-hydrogen) atoms. The van der Waals surface area contributed by atoms with Crippen LogP contribution >= 0.6 is 0 Å². The number of anilines is 1. The van der Waals surface area contributed by atoms with Gasteiger partial charge in [-0.05, 0) is 55.3 Å². The predicted molar refractivity (Wildman–Crippen MR) is 94.7 cm³/mol. The molecule has 2 rings (SSSR count). The highest BCUT2D eigenvalue weighted by molar-refractivity contribution is 5.96. The Balaban J connectivity index is 2.32. The van der Waals surface area contributed by atoms with Gasteiger partial charge in [0.25, 0.3) is 0 Å². The summed E-state index contributed by atoms with van der Waals surface area (Å²) >= 11 is 0. The van der Waals surface area contributed by atoms with Gasteiger partial charge in [0.15, 0.2) is 0 Å². The highest BCUT2D eigenvalue weighted by atomic mass is 19.4. The second-order valence-electron chi connectivity index (χ2n) is 5.82. The minimum absolute atomic E-state index is 0.0775. The molecule has 0 aromatic heterocycles. The van der Waals surface area contributed by atoms with E-state index >= 15 is 0 Å². The van der Waals surface area contributed by atoms with Crippen LogP contribution in [0.3, 0.4) is 0 Å². The number of nitrogens with zero attached hydrogens (tertiary/aromatic N) is 1. The number of aliphatic imine (C=N–C) groups is 1. The molecule has 0 bridgehead atoms. The fourth-order valence-corrected chi connectivity index (χ4v) is 2.40. The van der Waals surface area contributed by atoms with Gasteiger partial charge in [0, 0.05) is 19.2 Å².